The topological polar surface area (TPSA) is 47.6 Å². The predicted octanol–water partition coefficient (Wildman–Crippen LogP) is 12.3. The molecule has 0 radical (unpaired) electrons. The van der Waals surface area contributed by atoms with Crippen molar-refractivity contribution >= 4 is 75.4 Å². The normalized spacial score (nSPS) is 11.9. The second-order valence-corrected chi connectivity index (χ2v) is 13.1. The van der Waals surface area contributed by atoms with Crippen LogP contribution in [0, 0.1) is 36.5 Å². The Bertz CT molecular complexity index is 3090. The zero-order valence-corrected chi connectivity index (χ0v) is 26.4. The van der Waals surface area contributed by atoms with Crippen LogP contribution in [0.15, 0.2) is 121 Å². The van der Waals surface area contributed by atoms with Crippen molar-refractivity contribution in [2.24, 2.45) is 0 Å². The lowest BCUT2D eigenvalue weighted by Crippen LogP contribution is -1.95. The largest absolute Gasteiger partial charge is 0.192 e. The lowest BCUT2D eigenvalue weighted by molar-refractivity contribution is 1.43. The van der Waals surface area contributed by atoms with Crippen LogP contribution in [-0.4, -0.2) is 0 Å². The number of benzene rings is 8. The van der Waals surface area contributed by atoms with Gasteiger partial charge in [-0.05, 0) is 153 Å². The number of nitriles is 2. The van der Waals surface area contributed by atoms with Crippen molar-refractivity contribution in [3.8, 4) is 34.4 Å². The third-order valence-electron chi connectivity index (χ3n) is 10.7. The maximum atomic E-state index is 10.1. The number of rotatable bonds is 2. The van der Waals surface area contributed by atoms with E-state index < -0.39 is 0 Å². The van der Waals surface area contributed by atoms with Gasteiger partial charge in [0.05, 0.1) is 23.3 Å². The average molecular weight is 607 g/mol. The molecule has 0 fully saturated rings. The summed E-state index contributed by atoms with van der Waals surface area (Å²) in [5, 5.41) is 37.3. The van der Waals surface area contributed by atoms with E-state index in [2.05, 4.69) is 135 Å². The van der Waals surface area contributed by atoms with Crippen molar-refractivity contribution in [3.05, 3.63) is 144 Å². The van der Waals surface area contributed by atoms with E-state index in [0.29, 0.717) is 11.1 Å². The molecule has 10 rings (SSSR count). The Labute approximate surface area is 277 Å². The Hall–Kier alpha value is -6.48. The van der Waals surface area contributed by atoms with Crippen molar-refractivity contribution in [1.29, 1.82) is 10.5 Å². The van der Waals surface area contributed by atoms with E-state index in [4.69, 9.17) is 0 Å². The first-order chi connectivity index (χ1) is 23.6. The summed E-state index contributed by atoms with van der Waals surface area (Å²) in [4.78, 5) is 0. The van der Waals surface area contributed by atoms with Crippen LogP contribution in [0.5, 0.6) is 0 Å². The van der Waals surface area contributed by atoms with E-state index in [0.717, 1.165) is 38.8 Å². The highest BCUT2D eigenvalue weighted by molar-refractivity contribution is 6.44. The molecule has 0 saturated heterocycles. The average Bonchev–Trinajstić information content (AvgIpc) is 3.63. The molecule has 48 heavy (non-hydrogen) atoms. The molecule has 0 amide bonds. The Morgan fingerprint density at radius 1 is 0.375 bits per heavy atom. The minimum Gasteiger partial charge on any atom is -0.192 e. The van der Waals surface area contributed by atoms with Crippen molar-refractivity contribution < 1.29 is 0 Å². The van der Waals surface area contributed by atoms with Crippen molar-refractivity contribution in [1.82, 2.24) is 0 Å². The van der Waals surface area contributed by atoms with E-state index in [1.54, 1.807) is 0 Å². The van der Waals surface area contributed by atoms with Gasteiger partial charge >= 0.3 is 0 Å². The third kappa shape index (κ3) is 3.34. The van der Waals surface area contributed by atoms with Gasteiger partial charge in [0.2, 0.25) is 0 Å². The van der Waals surface area contributed by atoms with Crippen LogP contribution < -0.4 is 0 Å². The first kappa shape index (κ1) is 26.7. The van der Waals surface area contributed by atoms with Gasteiger partial charge in [0.1, 0.15) is 0 Å². The van der Waals surface area contributed by atoms with Gasteiger partial charge in [-0.25, -0.2) is 0 Å². The van der Waals surface area contributed by atoms with E-state index in [1.807, 2.05) is 12.1 Å². The molecule has 10 aromatic rings. The fourth-order valence-electron chi connectivity index (χ4n) is 8.62. The molecule has 0 aliphatic heterocycles. The molecule has 2 nitrogen and oxygen atoms in total. The molecule has 2 heteroatoms. The summed E-state index contributed by atoms with van der Waals surface area (Å²) in [5.41, 5.74) is 8.01. The number of fused-ring (bicyclic) bond motifs is 8. The fraction of sp³-hybridized carbons (Fsp3) is 0.0435. The second-order valence-electron chi connectivity index (χ2n) is 13.1. The molecule has 0 saturated carbocycles. The van der Waals surface area contributed by atoms with Crippen LogP contribution in [-0.2, 0) is 0 Å². The number of hydrogen-bond donors (Lipinski definition) is 0. The minimum absolute atomic E-state index is 0.644. The van der Waals surface area contributed by atoms with Crippen LogP contribution in [0.25, 0.3) is 97.7 Å². The van der Waals surface area contributed by atoms with Gasteiger partial charge in [0, 0.05) is 0 Å². The summed E-state index contributed by atoms with van der Waals surface area (Å²) in [6.07, 6.45) is 0. The van der Waals surface area contributed by atoms with Crippen molar-refractivity contribution in [2.75, 3.05) is 0 Å². The molecule has 0 spiro atoms. The minimum atomic E-state index is 0.644. The Kier molecular flexibility index (Phi) is 5.30. The molecule has 0 atom stereocenters. The SMILES string of the molecule is Cc1ccc(C#N)cc1-c1c2cc3c4ccccc4c4cccc(c2c(-c2cc(C#N)ccc2C)c2c5cccc6cccc(c12)c65)c43. The quantitative estimate of drug-likeness (QED) is 0.184. The zero-order valence-electron chi connectivity index (χ0n) is 26.4. The summed E-state index contributed by atoms with van der Waals surface area (Å²) < 4.78 is 0. The highest BCUT2D eigenvalue weighted by Gasteiger charge is 2.27. The standard InChI is InChI=1S/C46H26N2/c1-25-16-18-27(23-47)20-36(25)43-39-22-38-31-11-4-3-10-30(31)32-12-7-15-35(41(32)38)42(39)46(37-21-28(24-48)19-17-26(37)2)45-34-14-6-9-29-8-5-13-33(40(29)34)44(43)45/h3-22H,1-2H3. The fourth-order valence-corrected chi connectivity index (χ4v) is 8.62. The Morgan fingerprint density at radius 2 is 0.875 bits per heavy atom. The van der Waals surface area contributed by atoms with Gasteiger partial charge in [-0.3, -0.25) is 0 Å². The summed E-state index contributed by atoms with van der Waals surface area (Å²) in [6.45, 7) is 4.31. The number of hydrogen-bond acceptors (Lipinski definition) is 2. The molecule has 0 aromatic heterocycles. The van der Waals surface area contributed by atoms with Gasteiger partial charge in [-0.1, -0.05) is 91.0 Å². The second kappa shape index (κ2) is 9.52. The Morgan fingerprint density at radius 3 is 1.50 bits per heavy atom. The van der Waals surface area contributed by atoms with E-state index in [1.165, 1.54) is 70.0 Å². The van der Waals surface area contributed by atoms with Crippen LogP contribution in [0.3, 0.4) is 0 Å². The van der Waals surface area contributed by atoms with E-state index in [-0.39, 0.29) is 0 Å². The molecule has 0 aliphatic carbocycles. The molecule has 220 valence electrons. The predicted molar refractivity (Wildman–Crippen MR) is 201 cm³/mol. The van der Waals surface area contributed by atoms with Crippen LogP contribution in [0.2, 0.25) is 0 Å². The molecule has 0 N–H and O–H groups in total. The molecule has 0 aliphatic rings. The molecule has 10 aromatic carbocycles. The maximum absolute atomic E-state index is 10.1. The third-order valence-corrected chi connectivity index (χ3v) is 10.7. The summed E-state index contributed by atoms with van der Waals surface area (Å²) >= 11 is 0. The number of aryl methyl sites for hydroxylation is 2. The van der Waals surface area contributed by atoms with Gasteiger partial charge in [0.25, 0.3) is 0 Å². The lowest BCUT2D eigenvalue weighted by atomic mass is 9.81. The monoisotopic (exact) mass is 606 g/mol. The summed E-state index contributed by atoms with van der Waals surface area (Å²) in [6, 6.07) is 48.1. The first-order valence-electron chi connectivity index (χ1n) is 16.3. The first-order valence-corrected chi connectivity index (χ1v) is 16.3. The van der Waals surface area contributed by atoms with Gasteiger partial charge in [-0.15, -0.1) is 0 Å². The maximum Gasteiger partial charge on any atom is 0.0991 e. The summed E-state index contributed by atoms with van der Waals surface area (Å²) in [5.74, 6) is 0. The zero-order chi connectivity index (χ0) is 32.3. The van der Waals surface area contributed by atoms with E-state index in [9.17, 15) is 10.5 Å². The Balaban J connectivity index is 1.62. The van der Waals surface area contributed by atoms with Gasteiger partial charge < -0.3 is 0 Å². The van der Waals surface area contributed by atoms with Crippen LogP contribution in [0.4, 0.5) is 0 Å². The molecule has 0 heterocycles. The van der Waals surface area contributed by atoms with Crippen LogP contribution in [0.1, 0.15) is 22.3 Å². The number of nitrogens with zero attached hydrogens (tertiary/aromatic N) is 2. The van der Waals surface area contributed by atoms with Gasteiger partial charge in [-0.2, -0.15) is 10.5 Å². The van der Waals surface area contributed by atoms with Gasteiger partial charge in [0.15, 0.2) is 0 Å². The van der Waals surface area contributed by atoms with Crippen molar-refractivity contribution in [2.45, 2.75) is 13.8 Å². The molecular weight excluding hydrogens is 581 g/mol. The highest BCUT2D eigenvalue weighted by Crippen LogP contribution is 2.55. The lowest BCUT2D eigenvalue weighted by Gasteiger charge is -2.21. The van der Waals surface area contributed by atoms with Crippen molar-refractivity contribution in [3.63, 3.8) is 0 Å². The van der Waals surface area contributed by atoms with Crippen LogP contribution >= 0.6 is 0 Å². The molecule has 0 bridgehead atoms. The highest BCUT2D eigenvalue weighted by atomic mass is 14.3. The smallest absolute Gasteiger partial charge is 0.0991 e. The summed E-state index contributed by atoms with van der Waals surface area (Å²) in [7, 11) is 0. The molecular formula is C46H26N2. The molecule has 0 unspecified atom stereocenters. The van der Waals surface area contributed by atoms with E-state index >= 15 is 0 Å².